The quantitative estimate of drug-likeness (QED) is 0.539. The van der Waals surface area contributed by atoms with E-state index in [1.807, 2.05) is 73.8 Å². The second-order valence-electron chi connectivity index (χ2n) is 6.74. The third-order valence-corrected chi connectivity index (χ3v) is 5.37. The molecule has 1 heterocycles. The second-order valence-corrected chi connectivity index (χ2v) is 7.72. The van der Waals surface area contributed by atoms with Gasteiger partial charge in [-0.15, -0.1) is 11.3 Å². The molecule has 0 saturated carbocycles. The number of nitrogens with one attached hydrogen (secondary N) is 2. The summed E-state index contributed by atoms with van der Waals surface area (Å²) in [6.07, 6.45) is 2.46. The predicted molar refractivity (Wildman–Crippen MR) is 119 cm³/mol. The Hall–Kier alpha value is -3.18. The van der Waals surface area contributed by atoms with Crippen molar-refractivity contribution in [3.8, 4) is 0 Å². The number of carbonyl (C=O) groups is 2. The minimum absolute atomic E-state index is 0.133. The van der Waals surface area contributed by atoms with Crippen LogP contribution in [-0.2, 0) is 4.79 Å². The lowest BCUT2D eigenvalue weighted by Gasteiger charge is -2.19. The zero-order chi connectivity index (χ0) is 20.6. The number of hydrogen-bond acceptors (Lipinski definition) is 3. The molecule has 148 valence electrons. The predicted octanol–water partition coefficient (Wildman–Crippen LogP) is 5.09. The fraction of sp³-hybridized carbons (Fsp3) is 0.167. The average molecular weight is 405 g/mol. The molecule has 2 N–H and O–H groups in total. The van der Waals surface area contributed by atoms with Crippen LogP contribution in [0.2, 0.25) is 0 Å². The van der Waals surface area contributed by atoms with Crippen LogP contribution in [0.5, 0.6) is 0 Å². The van der Waals surface area contributed by atoms with Gasteiger partial charge < -0.3 is 10.6 Å². The van der Waals surface area contributed by atoms with Crippen molar-refractivity contribution in [3.63, 3.8) is 0 Å². The molecule has 3 aromatic rings. The van der Waals surface area contributed by atoms with E-state index in [0.717, 1.165) is 22.4 Å². The lowest BCUT2D eigenvalue weighted by Crippen LogP contribution is -2.36. The van der Waals surface area contributed by atoms with Crippen LogP contribution in [0.15, 0.2) is 77.8 Å². The number of hydrogen-bond donors (Lipinski definition) is 2. The van der Waals surface area contributed by atoms with Gasteiger partial charge in [-0.05, 0) is 48.6 Å². The Morgan fingerprint density at radius 3 is 2.34 bits per heavy atom. The van der Waals surface area contributed by atoms with Gasteiger partial charge in [0.1, 0.15) is 5.70 Å². The van der Waals surface area contributed by atoms with Crippen LogP contribution < -0.4 is 10.6 Å². The van der Waals surface area contributed by atoms with Gasteiger partial charge in [0.25, 0.3) is 11.8 Å². The zero-order valence-electron chi connectivity index (χ0n) is 16.5. The summed E-state index contributed by atoms with van der Waals surface area (Å²) in [5.41, 5.74) is 2.84. The first-order chi connectivity index (χ1) is 14.1. The summed E-state index contributed by atoms with van der Waals surface area (Å²) in [6, 6.07) is 20.8. The van der Waals surface area contributed by atoms with Gasteiger partial charge in [-0.1, -0.05) is 61.0 Å². The number of thiophene rings is 1. The summed E-state index contributed by atoms with van der Waals surface area (Å²) in [5.74, 6) is -0.620. The summed E-state index contributed by atoms with van der Waals surface area (Å²) in [4.78, 5) is 26.6. The van der Waals surface area contributed by atoms with E-state index in [2.05, 4.69) is 10.6 Å². The van der Waals surface area contributed by atoms with Crippen LogP contribution in [0.1, 0.15) is 45.7 Å². The van der Waals surface area contributed by atoms with Crippen molar-refractivity contribution in [2.24, 2.45) is 0 Å². The Labute approximate surface area is 175 Å². The first-order valence-electron chi connectivity index (χ1n) is 9.56. The molecule has 29 heavy (non-hydrogen) atoms. The van der Waals surface area contributed by atoms with Crippen molar-refractivity contribution in [1.29, 1.82) is 0 Å². The largest absolute Gasteiger partial charge is 0.344 e. The lowest BCUT2D eigenvalue weighted by atomic mass is 10.0. The van der Waals surface area contributed by atoms with Gasteiger partial charge >= 0.3 is 0 Å². The van der Waals surface area contributed by atoms with Gasteiger partial charge in [0, 0.05) is 10.4 Å². The summed E-state index contributed by atoms with van der Waals surface area (Å²) in [7, 11) is 0. The topological polar surface area (TPSA) is 58.2 Å². The monoisotopic (exact) mass is 404 g/mol. The first kappa shape index (κ1) is 20.6. The maximum absolute atomic E-state index is 13.0. The second kappa shape index (κ2) is 9.85. The molecule has 0 aliphatic carbocycles. The summed E-state index contributed by atoms with van der Waals surface area (Å²) < 4.78 is 0. The summed E-state index contributed by atoms with van der Waals surface area (Å²) in [6.45, 7) is 3.98. The van der Waals surface area contributed by atoms with E-state index in [1.165, 1.54) is 11.3 Å². The van der Waals surface area contributed by atoms with E-state index in [-0.39, 0.29) is 23.6 Å². The van der Waals surface area contributed by atoms with Crippen molar-refractivity contribution in [1.82, 2.24) is 10.6 Å². The van der Waals surface area contributed by atoms with Crippen LogP contribution in [0.3, 0.4) is 0 Å². The van der Waals surface area contributed by atoms with Gasteiger partial charge in [0.2, 0.25) is 0 Å². The number of amides is 2. The average Bonchev–Trinajstić information content (AvgIpc) is 3.25. The molecule has 0 bridgehead atoms. The number of carbonyl (C=O) groups excluding carboxylic acids is 2. The molecule has 5 heteroatoms. The molecule has 0 spiro atoms. The number of aryl methyl sites for hydroxylation is 1. The molecule has 1 atom stereocenters. The normalized spacial score (nSPS) is 12.3. The van der Waals surface area contributed by atoms with Gasteiger partial charge in [0.15, 0.2) is 0 Å². The van der Waals surface area contributed by atoms with E-state index in [0.29, 0.717) is 5.56 Å². The molecule has 1 unspecified atom stereocenters. The minimum atomic E-state index is -0.311. The summed E-state index contributed by atoms with van der Waals surface area (Å²) in [5, 5.41) is 7.77. The first-order valence-corrected chi connectivity index (χ1v) is 10.4. The maximum atomic E-state index is 13.0. The van der Waals surface area contributed by atoms with E-state index < -0.39 is 0 Å². The van der Waals surface area contributed by atoms with Crippen molar-refractivity contribution in [2.45, 2.75) is 26.3 Å². The van der Waals surface area contributed by atoms with Crippen molar-refractivity contribution in [3.05, 3.63) is 99.4 Å². The molecule has 2 amide bonds. The molecule has 0 fully saturated rings. The van der Waals surface area contributed by atoms with Gasteiger partial charge in [-0.3, -0.25) is 9.59 Å². The van der Waals surface area contributed by atoms with E-state index >= 15 is 0 Å². The third-order valence-electron chi connectivity index (χ3n) is 4.55. The highest BCUT2D eigenvalue weighted by atomic mass is 32.1. The SMILES string of the molecule is CCC(NC(=O)/C(=C/c1cccs1)NC(=O)c1ccc(C)cc1)c1ccccc1. The minimum Gasteiger partial charge on any atom is -0.344 e. The molecule has 1 aromatic heterocycles. The highest BCUT2D eigenvalue weighted by Gasteiger charge is 2.19. The Bertz CT molecular complexity index is 977. The Morgan fingerprint density at radius 2 is 1.72 bits per heavy atom. The van der Waals surface area contributed by atoms with E-state index in [4.69, 9.17) is 0 Å². The highest BCUT2D eigenvalue weighted by Crippen LogP contribution is 2.18. The maximum Gasteiger partial charge on any atom is 0.268 e. The molecular weight excluding hydrogens is 380 g/mol. The van der Waals surface area contributed by atoms with E-state index in [1.54, 1.807) is 18.2 Å². The van der Waals surface area contributed by atoms with E-state index in [9.17, 15) is 9.59 Å². The molecule has 0 aliphatic rings. The molecule has 4 nitrogen and oxygen atoms in total. The summed E-state index contributed by atoms with van der Waals surface area (Å²) >= 11 is 1.51. The zero-order valence-corrected chi connectivity index (χ0v) is 17.3. The molecule has 2 aromatic carbocycles. The Morgan fingerprint density at radius 1 is 1.00 bits per heavy atom. The fourth-order valence-corrected chi connectivity index (χ4v) is 3.57. The number of rotatable bonds is 7. The lowest BCUT2D eigenvalue weighted by molar-refractivity contribution is -0.118. The smallest absolute Gasteiger partial charge is 0.268 e. The van der Waals surface area contributed by atoms with Gasteiger partial charge in [0.05, 0.1) is 6.04 Å². The molecular formula is C24H24N2O2S. The fourth-order valence-electron chi connectivity index (χ4n) is 2.92. The van der Waals surface area contributed by atoms with Gasteiger partial charge in [-0.2, -0.15) is 0 Å². The van der Waals surface area contributed by atoms with Crippen LogP contribution in [-0.4, -0.2) is 11.8 Å². The van der Waals surface area contributed by atoms with Crippen molar-refractivity contribution < 1.29 is 9.59 Å². The molecule has 0 saturated heterocycles. The standard InChI is InChI=1S/C24H24N2O2S/c1-3-21(18-8-5-4-6-9-18)25-24(28)22(16-20-10-7-15-29-20)26-23(27)19-13-11-17(2)12-14-19/h4-16,21H,3H2,1-2H3,(H,25,28)(H,26,27)/b22-16-. The molecule has 0 aliphatic heterocycles. The number of benzene rings is 2. The third kappa shape index (κ3) is 5.65. The molecule has 3 rings (SSSR count). The van der Waals surface area contributed by atoms with Crippen LogP contribution in [0.25, 0.3) is 6.08 Å². The Balaban J connectivity index is 1.82. The van der Waals surface area contributed by atoms with Crippen molar-refractivity contribution in [2.75, 3.05) is 0 Å². The van der Waals surface area contributed by atoms with Crippen LogP contribution in [0.4, 0.5) is 0 Å². The van der Waals surface area contributed by atoms with Gasteiger partial charge in [-0.25, -0.2) is 0 Å². The Kier molecular flexibility index (Phi) is 6.98. The molecule has 0 radical (unpaired) electrons. The van der Waals surface area contributed by atoms with Crippen LogP contribution >= 0.6 is 11.3 Å². The van der Waals surface area contributed by atoms with Crippen LogP contribution in [0, 0.1) is 6.92 Å². The van der Waals surface area contributed by atoms with Crippen molar-refractivity contribution >= 4 is 29.2 Å². The highest BCUT2D eigenvalue weighted by molar-refractivity contribution is 7.10.